The lowest BCUT2D eigenvalue weighted by atomic mass is 9.89. The van der Waals surface area contributed by atoms with Crippen LogP contribution in [0, 0.1) is 6.92 Å². The molecule has 0 unspecified atom stereocenters. The first kappa shape index (κ1) is 18.3. The van der Waals surface area contributed by atoms with E-state index in [-0.39, 0.29) is 5.60 Å². The molecule has 0 N–H and O–H groups in total. The lowest BCUT2D eigenvalue weighted by Gasteiger charge is -2.39. The van der Waals surface area contributed by atoms with Crippen LogP contribution in [-0.2, 0) is 4.74 Å². The predicted molar refractivity (Wildman–Crippen MR) is 113 cm³/mol. The molecule has 2 aliphatic rings. The van der Waals surface area contributed by atoms with Crippen molar-refractivity contribution in [2.45, 2.75) is 48.0 Å². The van der Waals surface area contributed by atoms with Gasteiger partial charge in [0.15, 0.2) is 5.65 Å². The molecule has 0 bridgehead atoms. The van der Waals surface area contributed by atoms with Crippen LogP contribution in [0.5, 0.6) is 0 Å². The number of piperidine rings is 1. The molecule has 0 radical (unpaired) electrons. The van der Waals surface area contributed by atoms with Crippen molar-refractivity contribution in [1.29, 1.82) is 0 Å². The van der Waals surface area contributed by atoms with Crippen LogP contribution in [0.1, 0.15) is 31.2 Å². The van der Waals surface area contributed by atoms with Gasteiger partial charge in [0.25, 0.3) is 0 Å². The molecule has 4 heterocycles. The number of ether oxygens (including phenoxy) is 1. The van der Waals surface area contributed by atoms with Gasteiger partial charge in [0, 0.05) is 48.2 Å². The van der Waals surface area contributed by atoms with Gasteiger partial charge >= 0.3 is 0 Å². The summed E-state index contributed by atoms with van der Waals surface area (Å²) in [5.41, 5.74) is 2.14. The average Bonchev–Trinajstić information content (AvgIpc) is 3.37. The number of hydrogen-bond acceptors (Lipinski definition) is 5. The normalized spacial score (nSPS) is 19.0. The molecule has 0 saturated carbocycles. The van der Waals surface area contributed by atoms with E-state index in [1.165, 1.54) is 12.8 Å². The summed E-state index contributed by atoms with van der Waals surface area (Å²) < 4.78 is 8.17. The molecule has 7 heteroatoms. The van der Waals surface area contributed by atoms with Crippen molar-refractivity contribution in [1.82, 2.24) is 14.4 Å². The van der Waals surface area contributed by atoms with Gasteiger partial charge in [-0.25, -0.2) is 9.97 Å². The minimum absolute atomic E-state index is 0.116. The van der Waals surface area contributed by atoms with Crippen LogP contribution in [0.3, 0.4) is 0 Å². The maximum Gasteiger partial charge on any atom is 0.211 e. The molecular formula is C21H23ClN4OS. The Balaban J connectivity index is 1.43. The third-order valence-corrected chi connectivity index (χ3v) is 7.53. The summed E-state index contributed by atoms with van der Waals surface area (Å²) >= 11 is 7.95. The first-order chi connectivity index (χ1) is 13.7. The third kappa shape index (κ3) is 3.17. The molecule has 1 aromatic carbocycles. The van der Waals surface area contributed by atoms with E-state index in [0.717, 1.165) is 64.5 Å². The summed E-state index contributed by atoms with van der Waals surface area (Å²) in [4.78, 5) is 14.0. The summed E-state index contributed by atoms with van der Waals surface area (Å²) in [6.45, 7) is 4.91. The lowest BCUT2D eigenvalue weighted by molar-refractivity contribution is -0.0148. The zero-order chi connectivity index (χ0) is 19.1. The van der Waals surface area contributed by atoms with Crippen molar-refractivity contribution in [3.63, 3.8) is 0 Å². The molecular weight excluding hydrogens is 392 g/mol. The van der Waals surface area contributed by atoms with Gasteiger partial charge in [-0.15, -0.1) is 0 Å². The van der Waals surface area contributed by atoms with Crippen LogP contribution in [0.4, 0.5) is 5.95 Å². The van der Waals surface area contributed by atoms with Gasteiger partial charge in [-0.3, -0.25) is 4.40 Å². The molecule has 0 atom stereocenters. The number of imidazole rings is 1. The number of rotatable bonds is 3. The summed E-state index contributed by atoms with van der Waals surface area (Å²) in [6.07, 6.45) is 10.3. The van der Waals surface area contributed by atoms with Gasteiger partial charge in [-0.05, 0) is 50.3 Å². The number of benzene rings is 1. The first-order valence-corrected chi connectivity index (χ1v) is 11.0. The van der Waals surface area contributed by atoms with E-state index >= 15 is 0 Å². The van der Waals surface area contributed by atoms with E-state index < -0.39 is 0 Å². The minimum Gasteiger partial charge on any atom is -0.375 e. The Labute approximate surface area is 174 Å². The minimum atomic E-state index is 0.116. The highest BCUT2D eigenvalue weighted by molar-refractivity contribution is 7.99. The predicted octanol–water partition coefficient (Wildman–Crippen LogP) is 4.99. The number of halogens is 1. The molecule has 146 valence electrons. The Hall–Kier alpha value is -1.76. The largest absolute Gasteiger partial charge is 0.375 e. The molecule has 1 spiro atoms. The zero-order valence-electron chi connectivity index (χ0n) is 15.9. The van der Waals surface area contributed by atoms with Crippen LogP contribution in [-0.4, -0.2) is 39.7 Å². The number of hydrogen-bond donors (Lipinski definition) is 0. The van der Waals surface area contributed by atoms with Gasteiger partial charge in [0.1, 0.15) is 0 Å². The van der Waals surface area contributed by atoms with Crippen LogP contribution >= 0.6 is 23.4 Å². The van der Waals surface area contributed by atoms with Gasteiger partial charge in [-0.2, -0.15) is 0 Å². The highest BCUT2D eigenvalue weighted by atomic mass is 35.5. The van der Waals surface area contributed by atoms with Crippen molar-refractivity contribution in [2.24, 2.45) is 0 Å². The molecule has 2 aliphatic heterocycles. The van der Waals surface area contributed by atoms with Gasteiger partial charge in [-0.1, -0.05) is 29.4 Å². The molecule has 0 amide bonds. The Morgan fingerprint density at radius 2 is 2.00 bits per heavy atom. The van der Waals surface area contributed by atoms with E-state index in [1.807, 2.05) is 37.6 Å². The van der Waals surface area contributed by atoms with Crippen molar-refractivity contribution in [2.75, 3.05) is 24.6 Å². The fourth-order valence-electron chi connectivity index (χ4n) is 4.27. The molecule has 2 saturated heterocycles. The van der Waals surface area contributed by atoms with Gasteiger partial charge in [0.05, 0.1) is 10.5 Å². The van der Waals surface area contributed by atoms with E-state index in [4.69, 9.17) is 21.3 Å². The fraction of sp³-hybridized carbons (Fsp3) is 0.429. The summed E-state index contributed by atoms with van der Waals surface area (Å²) in [7, 11) is 0. The maximum atomic E-state index is 6.29. The monoisotopic (exact) mass is 414 g/mol. The standard InChI is InChI=1S/C21H23ClN4OS/c1-15-16(22)4-2-5-17(15)28-18-14-24-20(26-12-9-23-19(18)26)25-10-7-21(8-11-25)6-3-13-27-21/h2,4-5,9,12,14H,3,6-8,10-11,13H2,1H3. The molecule has 0 aliphatic carbocycles. The fourth-order valence-corrected chi connectivity index (χ4v) is 5.49. The third-order valence-electron chi connectivity index (χ3n) is 5.95. The van der Waals surface area contributed by atoms with Crippen LogP contribution in [0.25, 0.3) is 5.65 Å². The molecule has 2 aromatic heterocycles. The first-order valence-electron chi connectivity index (χ1n) is 9.79. The second kappa shape index (κ2) is 7.25. The maximum absolute atomic E-state index is 6.29. The number of fused-ring (bicyclic) bond motifs is 1. The zero-order valence-corrected chi connectivity index (χ0v) is 17.5. The second-order valence-corrected chi connectivity index (χ2v) is 9.12. The van der Waals surface area contributed by atoms with Crippen LogP contribution in [0.2, 0.25) is 5.02 Å². The topological polar surface area (TPSA) is 42.7 Å². The Kier molecular flexibility index (Phi) is 4.73. The SMILES string of the molecule is Cc1c(Cl)cccc1Sc1cnc(N2CCC3(CCCO3)CC2)n2ccnc12. The van der Waals surface area contributed by atoms with Crippen molar-refractivity contribution in [3.8, 4) is 0 Å². The molecule has 5 nitrogen and oxygen atoms in total. The summed E-state index contributed by atoms with van der Waals surface area (Å²) in [6, 6.07) is 5.99. The van der Waals surface area contributed by atoms with Gasteiger partial charge in [0.2, 0.25) is 5.95 Å². The number of aromatic nitrogens is 3. The quantitative estimate of drug-likeness (QED) is 0.603. The second-order valence-electron chi connectivity index (χ2n) is 7.63. The highest BCUT2D eigenvalue weighted by Crippen LogP contribution is 2.38. The van der Waals surface area contributed by atoms with E-state index in [0.29, 0.717) is 0 Å². The molecule has 2 fully saturated rings. The molecule has 3 aromatic rings. The Bertz CT molecular complexity index is 1000. The van der Waals surface area contributed by atoms with Crippen LogP contribution < -0.4 is 4.90 Å². The lowest BCUT2D eigenvalue weighted by Crippen LogP contribution is -2.44. The van der Waals surface area contributed by atoms with E-state index in [9.17, 15) is 0 Å². The summed E-state index contributed by atoms with van der Waals surface area (Å²) in [5.74, 6) is 0.965. The molecule has 28 heavy (non-hydrogen) atoms. The highest BCUT2D eigenvalue weighted by Gasteiger charge is 2.39. The number of nitrogens with zero attached hydrogens (tertiary/aromatic N) is 4. The van der Waals surface area contributed by atoms with E-state index in [2.05, 4.69) is 20.4 Å². The Morgan fingerprint density at radius 1 is 1.14 bits per heavy atom. The van der Waals surface area contributed by atoms with Gasteiger partial charge < -0.3 is 9.64 Å². The van der Waals surface area contributed by atoms with Crippen molar-refractivity contribution in [3.05, 3.63) is 47.4 Å². The summed E-state index contributed by atoms with van der Waals surface area (Å²) in [5, 5.41) is 0.783. The Morgan fingerprint density at radius 3 is 2.79 bits per heavy atom. The average molecular weight is 415 g/mol. The smallest absolute Gasteiger partial charge is 0.211 e. The van der Waals surface area contributed by atoms with Crippen molar-refractivity contribution >= 4 is 35.0 Å². The molecule has 5 rings (SSSR count). The van der Waals surface area contributed by atoms with E-state index in [1.54, 1.807) is 11.8 Å². The van der Waals surface area contributed by atoms with Crippen LogP contribution in [0.15, 0.2) is 46.6 Å². The van der Waals surface area contributed by atoms with Crippen molar-refractivity contribution < 1.29 is 4.74 Å². The number of anilines is 1.